The first-order chi connectivity index (χ1) is 20.4. The zero-order chi connectivity index (χ0) is 30.9. The number of nitrogens with zero attached hydrogens (tertiary/aromatic N) is 4. The second kappa shape index (κ2) is 12.1. The third-order valence-corrected chi connectivity index (χ3v) is 7.94. The highest BCUT2D eigenvalue weighted by atomic mass is 32.1. The topological polar surface area (TPSA) is 129 Å². The number of hydrogen-bond acceptors (Lipinski definition) is 7. The van der Waals surface area contributed by atoms with E-state index in [4.69, 9.17) is 0 Å². The molecule has 14 heteroatoms. The Balaban J connectivity index is 1.62. The Hall–Kier alpha value is -4.30. The SMILES string of the molecule is CC(C)NC(=O)Nc1cc(-c2nc(C(F)(F)F)cs2)c(-c2ccc3c(c2)c(=O)c(C(=O)O)cn3CCN2CCCC2)cn1. The highest BCUT2D eigenvalue weighted by Gasteiger charge is 2.34. The number of aromatic carboxylic acids is 1. The Morgan fingerprint density at radius 1 is 1.12 bits per heavy atom. The second-order valence-electron chi connectivity index (χ2n) is 10.6. The average molecular weight is 615 g/mol. The quantitative estimate of drug-likeness (QED) is 0.238. The van der Waals surface area contributed by atoms with E-state index >= 15 is 0 Å². The number of amides is 2. The van der Waals surface area contributed by atoms with Gasteiger partial charge in [0.25, 0.3) is 0 Å². The maximum Gasteiger partial charge on any atom is 0.434 e. The van der Waals surface area contributed by atoms with Crippen LogP contribution < -0.4 is 16.1 Å². The first-order valence-electron chi connectivity index (χ1n) is 13.6. The van der Waals surface area contributed by atoms with Crippen LogP contribution in [0.3, 0.4) is 0 Å². The molecule has 0 unspecified atom stereocenters. The minimum Gasteiger partial charge on any atom is -0.477 e. The van der Waals surface area contributed by atoms with Gasteiger partial charge in [0.2, 0.25) is 5.43 Å². The van der Waals surface area contributed by atoms with Crippen LogP contribution in [0.2, 0.25) is 0 Å². The number of carboxylic acids is 1. The molecule has 0 saturated carbocycles. The van der Waals surface area contributed by atoms with Crippen LogP contribution in [0.1, 0.15) is 42.7 Å². The number of rotatable bonds is 8. The molecule has 1 aliphatic heterocycles. The van der Waals surface area contributed by atoms with Crippen molar-refractivity contribution in [1.29, 1.82) is 0 Å². The van der Waals surface area contributed by atoms with E-state index in [2.05, 4.69) is 25.5 Å². The van der Waals surface area contributed by atoms with Crippen LogP contribution in [-0.2, 0) is 12.7 Å². The minimum atomic E-state index is -4.66. The van der Waals surface area contributed by atoms with E-state index in [-0.39, 0.29) is 33.4 Å². The fourth-order valence-electron chi connectivity index (χ4n) is 5.03. The summed E-state index contributed by atoms with van der Waals surface area (Å²) in [6, 6.07) is 5.62. The summed E-state index contributed by atoms with van der Waals surface area (Å²) in [4.78, 5) is 47.9. The number of urea groups is 1. The van der Waals surface area contributed by atoms with Crippen molar-refractivity contribution in [2.75, 3.05) is 25.0 Å². The van der Waals surface area contributed by atoms with Gasteiger partial charge in [-0.15, -0.1) is 11.3 Å². The Bertz CT molecular complexity index is 1740. The van der Waals surface area contributed by atoms with Crippen molar-refractivity contribution in [2.24, 2.45) is 0 Å². The average Bonchev–Trinajstić information content (AvgIpc) is 3.65. The molecule has 1 aromatic carbocycles. The molecule has 1 fully saturated rings. The summed E-state index contributed by atoms with van der Waals surface area (Å²) in [5, 5.41) is 16.1. The smallest absolute Gasteiger partial charge is 0.434 e. The van der Waals surface area contributed by atoms with E-state index < -0.39 is 29.3 Å². The zero-order valence-electron chi connectivity index (χ0n) is 23.4. The molecule has 0 aliphatic carbocycles. The molecule has 3 aromatic heterocycles. The molecule has 4 heterocycles. The molecule has 5 rings (SSSR count). The number of benzene rings is 1. The van der Waals surface area contributed by atoms with Crippen molar-refractivity contribution in [3.63, 3.8) is 0 Å². The van der Waals surface area contributed by atoms with E-state index in [9.17, 15) is 32.7 Å². The number of pyridine rings is 2. The van der Waals surface area contributed by atoms with Gasteiger partial charge in [0.15, 0.2) is 5.69 Å². The first-order valence-corrected chi connectivity index (χ1v) is 14.5. The lowest BCUT2D eigenvalue weighted by atomic mass is 9.99. The van der Waals surface area contributed by atoms with Gasteiger partial charge >= 0.3 is 18.2 Å². The third-order valence-electron chi connectivity index (χ3n) is 7.07. The van der Waals surface area contributed by atoms with Gasteiger partial charge in [-0.25, -0.2) is 19.6 Å². The summed E-state index contributed by atoms with van der Waals surface area (Å²) in [5.74, 6) is -1.27. The summed E-state index contributed by atoms with van der Waals surface area (Å²) < 4.78 is 42.0. The van der Waals surface area contributed by atoms with Crippen molar-refractivity contribution >= 4 is 40.1 Å². The minimum absolute atomic E-state index is 0.0273. The van der Waals surface area contributed by atoms with Crippen LogP contribution in [-0.4, -0.2) is 62.2 Å². The number of carboxylic acid groups (broad SMARTS) is 1. The van der Waals surface area contributed by atoms with Gasteiger partial charge in [0, 0.05) is 53.4 Å². The molecule has 10 nitrogen and oxygen atoms in total. The monoisotopic (exact) mass is 614 g/mol. The van der Waals surface area contributed by atoms with Crippen LogP contribution in [0.25, 0.3) is 32.6 Å². The number of hydrogen-bond donors (Lipinski definition) is 3. The summed E-state index contributed by atoms with van der Waals surface area (Å²) in [6.45, 7) is 6.62. The summed E-state index contributed by atoms with van der Waals surface area (Å²) >= 11 is 0.775. The molecule has 0 radical (unpaired) electrons. The Kier molecular flexibility index (Phi) is 8.51. The molecule has 1 aliphatic rings. The predicted octanol–water partition coefficient (Wildman–Crippen LogP) is 5.53. The van der Waals surface area contributed by atoms with Gasteiger partial charge in [0.1, 0.15) is 16.4 Å². The highest BCUT2D eigenvalue weighted by molar-refractivity contribution is 7.13. The van der Waals surface area contributed by atoms with Crippen molar-refractivity contribution in [2.45, 2.75) is 45.5 Å². The lowest BCUT2D eigenvalue weighted by molar-refractivity contribution is -0.140. The maximum absolute atomic E-state index is 13.4. The Morgan fingerprint density at radius 3 is 2.51 bits per heavy atom. The number of likely N-dealkylation sites (tertiary alicyclic amines) is 1. The number of fused-ring (bicyclic) bond motifs is 1. The largest absolute Gasteiger partial charge is 0.477 e. The summed E-state index contributed by atoms with van der Waals surface area (Å²) in [6.07, 6.45) is 0.281. The Morgan fingerprint density at radius 2 is 1.86 bits per heavy atom. The molecule has 0 spiro atoms. The third kappa shape index (κ3) is 6.70. The first kappa shape index (κ1) is 30.2. The standard InChI is InChI=1S/C29H29F3N6O4S/c1-16(2)34-28(42)36-24-12-18(26-35-23(15-43-26)29(30,31)32)20(13-33-24)17-5-6-22-19(11-17)25(39)21(27(40)41)14-38(22)10-9-37-7-3-4-8-37/h5-6,11-16H,3-4,7-10H2,1-2H3,(H,40,41)(H2,33,34,36,42). The fraction of sp³-hybridized carbons (Fsp3) is 0.345. The molecule has 43 heavy (non-hydrogen) atoms. The van der Waals surface area contributed by atoms with Gasteiger partial charge in [-0.1, -0.05) is 6.07 Å². The van der Waals surface area contributed by atoms with Crippen LogP contribution in [0.4, 0.5) is 23.8 Å². The molecule has 2 amide bonds. The fourth-order valence-corrected chi connectivity index (χ4v) is 5.89. The van der Waals surface area contributed by atoms with Crippen molar-refractivity contribution < 1.29 is 27.9 Å². The van der Waals surface area contributed by atoms with E-state index in [1.165, 1.54) is 24.5 Å². The Labute approximate surface area is 248 Å². The van der Waals surface area contributed by atoms with Crippen LogP contribution in [0, 0.1) is 0 Å². The molecular weight excluding hydrogens is 585 g/mol. The number of halogens is 3. The highest BCUT2D eigenvalue weighted by Crippen LogP contribution is 2.39. The molecule has 3 N–H and O–H groups in total. The van der Waals surface area contributed by atoms with E-state index in [1.54, 1.807) is 30.5 Å². The molecule has 4 aromatic rings. The van der Waals surface area contributed by atoms with Gasteiger partial charge < -0.3 is 19.9 Å². The van der Waals surface area contributed by atoms with Gasteiger partial charge in [-0.2, -0.15) is 13.2 Å². The predicted molar refractivity (Wildman–Crippen MR) is 157 cm³/mol. The number of aromatic nitrogens is 3. The van der Waals surface area contributed by atoms with Crippen LogP contribution in [0.15, 0.2) is 46.8 Å². The maximum atomic E-state index is 13.4. The summed E-state index contributed by atoms with van der Waals surface area (Å²) in [5.41, 5.74) is -0.564. The zero-order valence-corrected chi connectivity index (χ0v) is 24.2. The normalized spacial score (nSPS) is 14.0. The van der Waals surface area contributed by atoms with Crippen molar-refractivity contribution in [3.8, 4) is 21.7 Å². The number of carbonyl (C=O) groups excluding carboxylic acids is 1. The number of carbonyl (C=O) groups is 2. The number of nitrogens with one attached hydrogen (secondary N) is 2. The number of alkyl halides is 3. The van der Waals surface area contributed by atoms with Crippen LogP contribution in [0.5, 0.6) is 0 Å². The molecular formula is C29H29F3N6O4S. The molecule has 0 atom stereocenters. The number of anilines is 1. The molecule has 1 saturated heterocycles. The van der Waals surface area contributed by atoms with Crippen LogP contribution >= 0.6 is 11.3 Å². The number of thiazole rings is 1. The van der Waals surface area contributed by atoms with Crippen molar-refractivity contribution in [3.05, 3.63) is 63.5 Å². The lowest BCUT2D eigenvalue weighted by Gasteiger charge is -2.18. The second-order valence-corrected chi connectivity index (χ2v) is 11.4. The summed E-state index contributed by atoms with van der Waals surface area (Å²) in [7, 11) is 0. The van der Waals surface area contributed by atoms with E-state index in [0.717, 1.165) is 42.6 Å². The van der Waals surface area contributed by atoms with Crippen molar-refractivity contribution in [1.82, 2.24) is 24.8 Å². The van der Waals surface area contributed by atoms with E-state index in [1.807, 2.05) is 0 Å². The lowest BCUT2D eigenvalue weighted by Crippen LogP contribution is -2.34. The van der Waals surface area contributed by atoms with E-state index in [0.29, 0.717) is 29.7 Å². The molecule has 226 valence electrons. The van der Waals surface area contributed by atoms with Gasteiger partial charge in [0.05, 0.1) is 5.52 Å². The van der Waals surface area contributed by atoms with Gasteiger partial charge in [-0.3, -0.25) is 10.1 Å². The molecule has 0 bridgehead atoms. The van der Waals surface area contributed by atoms with Gasteiger partial charge in [-0.05, 0) is 63.5 Å².